The highest BCUT2D eigenvalue weighted by molar-refractivity contribution is 5.81. The second-order valence-corrected chi connectivity index (χ2v) is 7.61. The summed E-state index contributed by atoms with van der Waals surface area (Å²) in [6.45, 7) is 10.9. The monoisotopic (exact) mass is 355 g/mol. The lowest BCUT2D eigenvalue weighted by atomic mass is 9.99. The zero-order chi connectivity index (χ0) is 18.8. The first kappa shape index (κ1) is 18.5. The van der Waals surface area contributed by atoms with Crippen LogP contribution >= 0.6 is 0 Å². The summed E-state index contributed by atoms with van der Waals surface area (Å²) in [5.74, 6) is 1.13. The summed E-state index contributed by atoms with van der Waals surface area (Å²) in [5, 5.41) is 7.71. The predicted octanol–water partition coefficient (Wildman–Crippen LogP) is 3.90. The number of amides is 1. The van der Waals surface area contributed by atoms with Crippen LogP contribution in [0.1, 0.15) is 61.8 Å². The summed E-state index contributed by atoms with van der Waals surface area (Å²) >= 11 is 0. The molecule has 1 aliphatic heterocycles. The average Bonchev–Trinajstić information content (AvgIpc) is 2.92. The van der Waals surface area contributed by atoms with Crippen molar-refractivity contribution in [1.82, 2.24) is 15.1 Å². The fraction of sp³-hybridized carbons (Fsp3) is 0.524. The van der Waals surface area contributed by atoms with Gasteiger partial charge in [0.15, 0.2) is 0 Å². The Balaban J connectivity index is 1.78. The SMILES string of the molecule is Cc1cc(C)n([C@H](C(=O)N[C@@H](C)c2ccc3c(c2)CCCO3)C(C)C)n1. The Morgan fingerprint density at radius 1 is 1.23 bits per heavy atom. The fourth-order valence-electron chi connectivity index (χ4n) is 3.66. The Labute approximate surface area is 155 Å². The van der Waals surface area contributed by atoms with Gasteiger partial charge >= 0.3 is 0 Å². The standard InChI is InChI=1S/C21H29N3O2/c1-13(2)20(24-15(4)11-14(3)23-24)21(25)22-16(5)17-8-9-19-18(12-17)7-6-10-26-19/h8-9,11-13,16,20H,6-7,10H2,1-5H3,(H,22,25)/t16-,20-/m0/s1. The van der Waals surface area contributed by atoms with Crippen LogP contribution in [-0.2, 0) is 11.2 Å². The van der Waals surface area contributed by atoms with Crippen LogP contribution in [0.15, 0.2) is 24.3 Å². The molecule has 26 heavy (non-hydrogen) atoms. The summed E-state index contributed by atoms with van der Waals surface area (Å²) < 4.78 is 7.53. The van der Waals surface area contributed by atoms with Gasteiger partial charge in [-0.1, -0.05) is 26.0 Å². The van der Waals surface area contributed by atoms with Gasteiger partial charge in [0, 0.05) is 5.69 Å². The molecule has 1 aromatic heterocycles. The molecule has 1 aliphatic rings. The first-order valence-corrected chi connectivity index (χ1v) is 9.45. The van der Waals surface area contributed by atoms with Crippen LogP contribution in [0.3, 0.4) is 0 Å². The molecule has 2 aromatic rings. The van der Waals surface area contributed by atoms with Gasteiger partial charge in [0.25, 0.3) is 0 Å². The number of fused-ring (bicyclic) bond motifs is 1. The summed E-state index contributed by atoms with van der Waals surface area (Å²) in [5.41, 5.74) is 4.28. The van der Waals surface area contributed by atoms with Gasteiger partial charge in [0.05, 0.1) is 18.3 Å². The van der Waals surface area contributed by atoms with E-state index in [9.17, 15) is 4.79 Å². The van der Waals surface area contributed by atoms with E-state index in [1.165, 1.54) is 5.56 Å². The first-order chi connectivity index (χ1) is 12.4. The highest BCUT2D eigenvalue weighted by Gasteiger charge is 2.27. The van der Waals surface area contributed by atoms with Crippen molar-refractivity contribution in [3.8, 4) is 5.75 Å². The number of rotatable bonds is 5. The summed E-state index contributed by atoms with van der Waals surface area (Å²) in [6, 6.07) is 7.86. The van der Waals surface area contributed by atoms with Gasteiger partial charge in [-0.3, -0.25) is 9.48 Å². The zero-order valence-corrected chi connectivity index (χ0v) is 16.4. The minimum absolute atomic E-state index is 0.00710. The number of hydrogen-bond donors (Lipinski definition) is 1. The maximum atomic E-state index is 13.0. The van der Waals surface area contributed by atoms with Crippen molar-refractivity contribution in [3.63, 3.8) is 0 Å². The molecular formula is C21H29N3O2. The molecule has 0 saturated heterocycles. The zero-order valence-electron chi connectivity index (χ0n) is 16.4. The van der Waals surface area contributed by atoms with E-state index in [1.54, 1.807) is 0 Å². The molecule has 0 spiro atoms. The van der Waals surface area contributed by atoms with Crippen LogP contribution in [0.25, 0.3) is 0 Å². The molecule has 2 atom stereocenters. The molecule has 5 heteroatoms. The number of hydrogen-bond acceptors (Lipinski definition) is 3. The van der Waals surface area contributed by atoms with E-state index in [1.807, 2.05) is 43.7 Å². The Morgan fingerprint density at radius 3 is 2.65 bits per heavy atom. The lowest BCUT2D eigenvalue weighted by molar-refractivity contribution is -0.126. The Kier molecular flexibility index (Phi) is 5.35. The van der Waals surface area contributed by atoms with Crippen LogP contribution in [0.2, 0.25) is 0 Å². The maximum Gasteiger partial charge on any atom is 0.245 e. The molecule has 3 rings (SSSR count). The molecular weight excluding hydrogens is 326 g/mol. The van der Waals surface area contributed by atoms with Crippen molar-refractivity contribution in [2.75, 3.05) is 6.61 Å². The molecule has 0 aliphatic carbocycles. The van der Waals surface area contributed by atoms with Crippen molar-refractivity contribution in [2.24, 2.45) is 5.92 Å². The summed E-state index contributed by atoms with van der Waals surface area (Å²) in [4.78, 5) is 13.0. The number of carbonyl (C=O) groups excluding carboxylic acids is 1. The molecule has 2 heterocycles. The minimum atomic E-state index is -0.313. The summed E-state index contributed by atoms with van der Waals surface area (Å²) in [7, 11) is 0. The second-order valence-electron chi connectivity index (χ2n) is 7.61. The topological polar surface area (TPSA) is 56.2 Å². The highest BCUT2D eigenvalue weighted by Crippen LogP contribution is 2.28. The largest absolute Gasteiger partial charge is 0.493 e. The van der Waals surface area contributed by atoms with E-state index in [2.05, 4.69) is 30.3 Å². The lowest BCUT2D eigenvalue weighted by Gasteiger charge is -2.25. The van der Waals surface area contributed by atoms with Crippen LogP contribution in [0, 0.1) is 19.8 Å². The van der Waals surface area contributed by atoms with E-state index in [0.29, 0.717) is 0 Å². The average molecular weight is 355 g/mol. The number of carbonyl (C=O) groups is 1. The molecule has 1 amide bonds. The highest BCUT2D eigenvalue weighted by atomic mass is 16.5. The van der Waals surface area contributed by atoms with E-state index in [0.717, 1.165) is 42.1 Å². The van der Waals surface area contributed by atoms with Gasteiger partial charge in [-0.05, 0) is 62.8 Å². The van der Waals surface area contributed by atoms with Crippen LogP contribution in [0.5, 0.6) is 5.75 Å². The van der Waals surface area contributed by atoms with E-state index < -0.39 is 0 Å². The normalized spacial score (nSPS) is 15.9. The smallest absolute Gasteiger partial charge is 0.245 e. The van der Waals surface area contributed by atoms with E-state index >= 15 is 0 Å². The number of ether oxygens (including phenoxy) is 1. The third kappa shape index (κ3) is 3.76. The first-order valence-electron chi connectivity index (χ1n) is 9.45. The Hall–Kier alpha value is -2.30. The number of benzene rings is 1. The fourth-order valence-corrected chi connectivity index (χ4v) is 3.66. The van der Waals surface area contributed by atoms with Gasteiger partial charge in [-0.2, -0.15) is 5.10 Å². The molecule has 1 aromatic carbocycles. The number of nitrogens with zero attached hydrogens (tertiary/aromatic N) is 2. The van der Waals surface area contributed by atoms with Crippen molar-refractivity contribution < 1.29 is 9.53 Å². The lowest BCUT2D eigenvalue weighted by Crippen LogP contribution is -2.37. The number of aromatic nitrogens is 2. The molecule has 0 bridgehead atoms. The van der Waals surface area contributed by atoms with Gasteiger partial charge in [0.2, 0.25) is 5.91 Å². The third-order valence-corrected chi connectivity index (χ3v) is 5.00. The van der Waals surface area contributed by atoms with Crippen molar-refractivity contribution in [1.29, 1.82) is 0 Å². The number of aryl methyl sites for hydroxylation is 3. The Bertz CT molecular complexity index is 795. The molecule has 0 saturated carbocycles. The van der Waals surface area contributed by atoms with Gasteiger partial charge in [-0.25, -0.2) is 0 Å². The maximum absolute atomic E-state index is 13.0. The molecule has 0 unspecified atom stereocenters. The van der Waals surface area contributed by atoms with E-state index in [4.69, 9.17) is 4.74 Å². The number of nitrogens with one attached hydrogen (secondary N) is 1. The molecule has 5 nitrogen and oxygen atoms in total. The quantitative estimate of drug-likeness (QED) is 0.885. The van der Waals surface area contributed by atoms with Gasteiger partial charge in [-0.15, -0.1) is 0 Å². The van der Waals surface area contributed by atoms with Gasteiger partial charge in [0.1, 0.15) is 11.8 Å². The minimum Gasteiger partial charge on any atom is -0.493 e. The molecule has 0 radical (unpaired) electrons. The van der Waals surface area contributed by atoms with Crippen LogP contribution in [-0.4, -0.2) is 22.3 Å². The molecule has 1 N–H and O–H groups in total. The predicted molar refractivity (Wildman–Crippen MR) is 102 cm³/mol. The van der Waals surface area contributed by atoms with Gasteiger partial charge < -0.3 is 10.1 Å². The van der Waals surface area contributed by atoms with Crippen molar-refractivity contribution in [2.45, 2.75) is 59.5 Å². The third-order valence-electron chi connectivity index (χ3n) is 5.00. The van der Waals surface area contributed by atoms with Crippen LogP contribution in [0.4, 0.5) is 0 Å². The van der Waals surface area contributed by atoms with Crippen LogP contribution < -0.4 is 10.1 Å². The van der Waals surface area contributed by atoms with E-state index in [-0.39, 0.29) is 23.9 Å². The van der Waals surface area contributed by atoms with Crippen molar-refractivity contribution in [3.05, 3.63) is 46.8 Å². The molecule has 0 fully saturated rings. The Morgan fingerprint density at radius 2 is 2.00 bits per heavy atom. The van der Waals surface area contributed by atoms with Crippen molar-refractivity contribution >= 4 is 5.91 Å². The summed E-state index contributed by atoms with van der Waals surface area (Å²) in [6.07, 6.45) is 2.08. The second kappa shape index (κ2) is 7.52. The molecule has 140 valence electrons.